The predicted octanol–water partition coefficient (Wildman–Crippen LogP) is 4.14. The third-order valence-corrected chi connectivity index (χ3v) is 8.07. The summed E-state index contributed by atoms with van der Waals surface area (Å²) in [6.07, 6.45) is 6.76. The Morgan fingerprint density at radius 2 is 2.00 bits per heavy atom. The average molecular weight is 521 g/mol. The van der Waals surface area contributed by atoms with Crippen LogP contribution in [0.25, 0.3) is 22.2 Å². The number of halogens is 2. The first-order chi connectivity index (χ1) is 17.9. The molecule has 37 heavy (non-hydrogen) atoms. The Morgan fingerprint density at radius 1 is 1.14 bits per heavy atom. The SMILES string of the molecule is Cn1cc([C@H]2CN(c3cc4c(=O)n5c(nc4c(-c4ccc(Cl)cc4F)n3)CC(C3CC3)C5)CCO2)cn1. The fourth-order valence-electron chi connectivity index (χ4n) is 5.71. The normalized spacial score (nSPS) is 21.5. The van der Waals surface area contributed by atoms with Crippen molar-refractivity contribution in [3.8, 4) is 11.3 Å². The van der Waals surface area contributed by atoms with Crippen molar-refractivity contribution in [1.29, 1.82) is 0 Å². The van der Waals surface area contributed by atoms with Crippen molar-refractivity contribution in [2.75, 3.05) is 24.6 Å². The Hall–Kier alpha value is -3.30. The summed E-state index contributed by atoms with van der Waals surface area (Å²) in [5.41, 5.74) is 1.97. The molecule has 2 fully saturated rings. The van der Waals surface area contributed by atoms with E-state index >= 15 is 4.39 Å². The molecule has 0 amide bonds. The number of morpholine rings is 1. The maximum absolute atomic E-state index is 15.2. The van der Waals surface area contributed by atoms with Gasteiger partial charge in [0.15, 0.2) is 0 Å². The summed E-state index contributed by atoms with van der Waals surface area (Å²) in [6, 6.07) is 6.33. The molecule has 0 N–H and O–H groups in total. The van der Waals surface area contributed by atoms with Gasteiger partial charge in [0.2, 0.25) is 0 Å². The second kappa shape index (κ2) is 8.63. The highest BCUT2D eigenvalue weighted by molar-refractivity contribution is 6.30. The first kappa shape index (κ1) is 22.9. The number of ether oxygens (including phenoxy) is 1. The third kappa shape index (κ3) is 4.01. The van der Waals surface area contributed by atoms with Crippen LogP contribution in [0.15, 0.2) is 41.5 Å². The summed E-state index contributed by atoms with van der Waals surface area (Å²) in [5.74, 6) is 1.99. The molecule has 1 aromatic carbocycles. The van der Waals surface area contributed by atoms with Crippen LogP contribution in [0.5, 0.6) is 0 Å². The van der Waals surface area contributed by atoms with Crippen LogP contribution in [-0.2, 0) is 24.8 Å². The van der Waals surface area contributed by atoms with E-state index in [0.717, 1.165) is 17.8 Å². The van der Waals surface area contributed by atoms with Gasteiger partial charge in [0, 0.05) is 55.4 Å². The van der Waals surface area contributed by atoms with E-state index in [1.54, 1.807) is 23.0 Å². The van der Waals surface area contributed by atoms with Crippen molar-refractivity contribution < 1.29 is 9.13 Å². The van der Waals surface area contributed by atoms with Gasteiger partial charge >= 0.3 is 0 Å². The maximum atomic E-state index is 15.2. The lowest BCUT2D eigenvalue weighted by atomic mass is 10.0. The van der Waals surface area contributed by atoms with Crippen LogP contribution in [0.1, 0.15) is 30.3 Å². The summed E-state index contributed by atoms with van der Waals surface area (Å²) < 4.78 is 24.8. The van der Waals surface area contributed by atoms with Crippen molar-refractivity contribution in [1.82, 2.24) is 24.3 Å². The Labute approximate surface area is 217 Å². The molecule has 0 bridgehead atoms. The van der Waals surface area contributed by atoms with Gasteiger partial charge in [-0.15, -0.1) is 0 Å². The number of nitrogens with zero attached hydrogens (tertiary/aromatic N) is 6. The summed E-state index contributed by atoms with van der Waals surface area (Å²) in [7, 11) is 1.87. The molecule has 2 aliphatic heterocycles. The second-order valence-electron chi connectivity index (χ2n) is 10.3. The Balaban J connectivity index is 1.37. The maximum Gasteiger partial charge on any atom is 0.261 e. The molecule has 3 aromatic heterocycles. The van der Waals surface area contributed by atoms with Crippen LogP contribution in [0, 0.1) is 17.7 Å². The quantitative estimate of drug-likeness (QED) is 0.402. The Kier molecular flexibility index (Phi) is 5.33. The van der Waals surface area contributed by atoms with Gasteiger partial charge in [-0.3, -0.25) is 14.0 Å². The van der Waals surface area contributed by atoms with E-state index in [9.17, 15) is 4.79 Å². The van der Waals surface area contributed by atoms with Gasteiger partial charge in [0.25, 0.3) is 5.56 Å². The molecule has 1 aliphatic carbocycles. The van der Waals surface area contributed by atoms with Crippen LogP contribution >= 0.6 is 11.6 Å². The zero-order valence-electron chi connectivity index (χ0n) is 20.4. The van der Waals surface area contributed by atoms with Crippen molar-refractivity contribution >= 4 is 28.3 Å². The van der Waals surface area contributed by atoms with Gasteiger partial charge in [-0.05, 0) is 48.9 Å². The van der Waals surface area contributed by atoms with Crippen molar-refractivity contribution in [2.24, 2.45) is 18.9 Å². The number of rotatable bonds is 4. The van der Waals surface area contributed by atoms with Crippen molar-refractivity contribution in [3.63, 3.8) is 0 Å². The molecule has 10 heteroatoms. The number of aromatic nitrogens is 5. The summed E-state index contributed by atoms with van der Waals surface area (Å²) in [4.78, 5) is 25.7. The number of pyridine rings is 1. The molecule has 0 spiro atoms. The van der Waals surface area contributed by atoms with E-state index in [1.807, 2.05) is 23.9 Å². The molecular weight excluding hydrogens is 495 g/mol. The predicted molar refractivity (Wildman–Crippen MR) is 138 cm³/mol. The lowest BCUT2D eigenvalue weighted by Gasteiger charge is -2.33. The minimum atomic E-state index is -0.494. The van der Waals surface area contributed by atoms with E-state index in [1.165, 1.54) is 18.9 Å². The molecule has 1 saturated carbocycles. The van der Waals surface area contributed by atoms with Gasteiger partial charge in [0.05, 0.1) is 18.2 Å². The average Bonchev–Trinajstić information content (AvgIpc) is 3.51. The number of hydrogen-bond acceptors (Lipinski definition) is 6. The molecule has 7 rings (SSSR count). The number of aryl methyl sites for hydroxylation is 1. The summed E-state index contributed by atoms with van der Waals surface area (Å²) in [6.45, 7) is 2.33. The van der Waals surface area contributed by atoms with E-state index in [4.69, 9.17) is 26.3 Å². The lowest BCUT2D eigenvalue weighted by molar-refractivity contribution is 0.0395. The zero-order valence-corrected chi connectivity index (χ0v) is 21.2. The largest absolute Gasteiger partial charge is 0.370 e. The van der Waals surface area contributed by atoms with E-state index < -0.39 is 5.82 Å². The van der Waals surface area contributed by atoms with Crippen molar-refractivity contribution in [3.05, 3.63) is 69.2 Å². The highest BCUT2D eigenvalue weighted by atomic mass is 35.5. The van der Waals surface area contributed by atoms with Gasteiger partial charge in [0.1, 0.15) is 34.8 Å². The van der Waals surface area contributed by atoms with Gasteiger partial charge < -0.3 is 9.64 Å². The zero-order chi connectivity index (χ0) is 25.3. The Bertz CT molecular complexity index is 1600. The fraction of sp³-hybridized carbons (Fsp3) is 0.407. The standard InChI is InChI=1S/C27H26ClFN6O2/c1-33-12-17(11-30-33)22-14-34(6-7-37-22)23-10-20-26(25(31-23)19-5-4-18(28)9-21(19)29)32-24-8-16(15-2-3-15)13-35(24)27(20)36/h4-5,9-12,15-16,22H,2-3,6-8,13-14H2,1H3/t16?,22-/m1/s1. The number of benzene rings is 1. The molecule has 3 aliphatic rings. The number of hydrogen-bond donors (Lipinski definition) is 0. The molecule has 4 aromatic rings. The van der Waals surface area contributed by atoms with Crippen LogP contribution in [0.2, 0.25) is 5.02 Å². The first-order valence-corrected chi connectivity index (χ1v) is 13.1. The Morgan fingerprint density at radius 3 is 2.76 bits per heavy atom. The van der Waals surface area contributed by atoms with Crippen LogP contribution in [0.4, 0.5) is 10.2 Å². The molecule has 2 atom stereocenters. The highest BCUT2D eigenvalue weighted by Crippen LogP contribution is 2.42. The van der Waals surface area contributed by atoms with Crippen LogP contribution in [0.3, 0.4) is 0 Å². The van der Waals surface area contributed by atoms with Crippen LogP contribution in [-0.4, -0.2) is 44.0 Å². The number of fused-ring (bicyclic) bond motifs is 2. The van der Waals surface area contributed by atoms with E-state index in [-0.39, 0.29) is 17.2 Å². The molecule has 8 nitrogen and oxygen atoms in total. The summed E-state index contributed by atoms with van der Waals surface area (Å²) >= 11 is 6.05. The monoisotopic (exact) mass is 520 g/mol. The van der Waals surface area contributed by atoms with E-state index in [2.05, 4.69) is 10.00 Å². The lowest BCUT2D eigenvalue weighted by Crippen LogP contribution is -2.39. The molecule has 5 heterocycles. The van der Waals surface area contributed by atoms with Crippen LogP contribution < -0.4 is 10.5 Å². The molecule has 1 unspecified atom stereocenters. The van der Waals surface area contributed by atoms with Gasteiger partial charge in [-0.1, -0.05) is 11.6 Å². The highest BCUT2D eigenvalue weighted by Gasteiger charge is 2.37. The number of anilines is 1. The molecule has 1 saturated heterocycles. The van der Waals surface area contributed by atoms with Crippen molar-refractivity contribution in [2.45, 2.75) is 31.9 Å². The molecular formula is C27H26ClFN6O2. The smallest absolute Gasteiger partial charge is 0.261 e. The summed E-state index contributed by atoms with van der Waals surface area (Å²) in [5, 5.41) is 5.03. The fourth-order valence-corrected chi connectivity index (χ4v) is 5.87. The minimum Gasteiger partial charge on any atom is -0.370 e. The second-order valence-corrected chi connectivity index (χ2v) is 10.8. The third-order valence-electron chi connectivity index (χ3n) is 7.83. The minimum absolute atomic E-state index is 0.0838. The first-order valence-electron chi connectivity index (χ1n) is 12.7. The molecule has 0 radical (unpaired) electrons. The molecule has 190 valence electrons. The topological polar surface area (TPSA) is 78.1 Å². The van der Waals surface area contributed by atoms with Gasteiger partial charge in [-0.25, -0.2) is 14.4 Å². The van der Waals surface area contributed by atoms with E-state index in [0.29, 0.717) is 65.5 Å². The van der Waals surface area contributed by atoms with Gasteiger partial charge in [-0.2, -0.15) is 5.10 Å².